The first-order valence-corrected chi connectivity index (χ1v) is 9.27. The summed E-state index contributed by atoms with van der Waals surface area (Å²) < 4.78 is 6.25. The van der Waals surface area contributed by atoms with Crippen LogP contribution in [0.1, 0.15) is 49.5 Å². The Morgan fingerprint density at radius 2 is 1.69 bits per heavy atom. The quantitative estimate of drug-likeness (QED) is 0.643. The molecule has 0 spiro atoms. The number of Topliss-reactive ketones (excluding diaryl/α,β-unsaturated/α-hetero) is 1. The molecule has 4 nitrogen and oxygen atoms in total. The predicted molar refractivity (Wildman–Crippen MR) is 108 cm³/mol. The lowest BCUT2D eigenvalue weighted by molar-refractivity contribution is -0.116. The highest BCUT2D eigenvalue weighted by atomic mass is 79.9. The fourth-order valence-corrected chi connectivity index (χ4v) is 2.76. The number of halogens is 1. The number of carbonyl (C=O) groups is 2. The minimum absolute atomic E-state index is 0.0384. The van der Waals surface area contributed by atoms with Gasteiger partial charge >= 0.3 is 0 Å². The zero-order valence-corrected chi connectivity index (χ0v) is 17.1. The molecule has 0 heterocycles. The Morgan fingerprint density at radius 3 is 2.27 bits per heavy atom. The summed E-state index contributed by atoms with van der Waals surface area (Å²) in [6.07, 6.45) is 0.284. The Hall–Kier alpha value is -2.14. The van der Waals surface area contributed by atoms with Crippen LogP contribution in [0.5, 0.6) is 5.75 Å². The molecule has 0 bridgehead atoms. The largest absolute Gasteiger partial charge is 0.495 e. The van der Waals surface area contributed by atoms with Crippen molar-refractivity contribution >= 4 is 33.3 Å². The molecule has 0 aliphatic heterocycles. The molecule has 1 N–H and O–H groups in total. The maximum absolute atomic E-state index is 12.3. The number of methoxy groups -OCH3 is 1. The number of hydrogen-bond acceptors (Lipinski definition) is 3. The van der Waals surface area contributed by atoms with Crippen molar-refractivity contribution in [1.82, 2.24) is 0 Å². The van der Waals surface area contributed by atoms with E-state index in [-0.39, 0.29) is 29.9 Å². The molecule has 5 heteroatoms. The van der Waals surface area contributed by atoms with Crippen LogP contribution in [-0.4, -0.2) is 18.8 Å². The first-order valence-electron chi connectivity index (χ1n) is 8.48. The van der Waals surface area contributed by atoms with Crippen LogP contribution in [0.4, 0.5) is 5.69 Å². The summed E-state index contributed by atoms with van der Waals surface area (Å²) >= 11 is 3.34. The fourth-order valence-electron chi connectivity index (χ4n) is 2.49. The van der Waals surface area contributed by atoms with Crippen molar-refractivity contribution in [3.8, 4) is 5.75 Å². The monoisotopic (exact) mass is 417 g/mol. The van der Waals surface area contributed by atoms with Crippen LogP contribution in [0.2, 0.25) is 0 Å². The van der Waals surface area contributed by atoms with Crippen LogP contribution < -0.4 is 10.1 Å². The molecular formula is C21H24BrNO3. The molecule has 1 amide bonds. The third kappa shape index (κ3) is 5.43. The lowest BCUT2D eigenvalue weighted by atomic mass is 9.87. The zero-order chi connectivity index (χ0) is 19.3. The van der Waals surface area contributed by atoms with Gasteiger partial charge in [-0.05, 0) is 35.2 Å². The molecule has 0 saturated heterocycles. The van der Waals surface area contributed by atoms with Crippen molar-refractivity contribution in [2.75, 3.05) is 12.4 Å². The van der Waals surface area contributed by atoms with Gasteiger partial charge in [-0.15, -0.1) is 0 Å². The van der Waals surface area contributed by atoms with Crippen molar-refractivity contribution in [3.63, 3.8) is 0 Å². The Labute approximate surface area is 163 Å². The van der Waals surface area contributed by atoms with E-state index in [1.54, 1.807) is 19.2 Å². The SMILES string of the molecule is COc1ccc(C(C)(C)C)cc1NC(=O)CCC(=O)c1ccc(Br)cc1. The average Bonchev–Trinajstić information content (AvgIpc) is 2.59. The van der Waals surface area contributed by atoms with E-state index in [9.17, 15) is 9.59 Å². The van der Waals surface area contributed by atoms with E-state index in [0.29, 0.717) is 17.0 Å². The summed E-state index contributed by atoms with van der Waals surface area (Å²) in [6.45, 7) is 6.33. The highest BCUT2D eigenvalue weighted by Gasteiger charge is 2.17. The van der Waals surface area contributed by atoms with E-state index in [2.05, 4.69) is 42.0 Å². The molecule has 0 aromatic heterocycles. The second kappa shape index (κ2) is 8.49. The van der Waals surface area contributed by atoms with Crippen LogP contribution in [0.15, 0.2) is 46.9 Å². The van der Waals surface area contributed by atoms with Crippen LogP contribution in [0.3, 0.4) is 0 Å². The van der Waals surface area contributed by atoms with E-state index in [1.807, 2.05) is 30.3 Å². The Morgan fingerprint density at radius 1 is 1.04 bits per heavy atom. The summed E-state index contributed by atoms with van der Waals surface area (Å²) in [6, 6.07) is 12.9. The number of amides is 1. The smallest absolute Gasteiger partial charge is 0.224 e. The Balaban J connectivity index is 2.03. The van der Waals surface area contributed by atoms with Crippen molar-refractivity contribution in [2.45, 2.75) is 39.0 Å². The minimum Gasteiger partial charge on any atom is -0.495 e. The lowest BCUT2D eigenvalue weighted by Gasteiger charge is -2.21. The van der Waals surface area contributed by atoms with Gasteiger partial charge in [0.05, 0.1) is 12.8 Å². The highest BCUT2D eigenvalue weighted by Crippen LogP contribution is 2.31. The lowest BCUT2D eigenvalue weighted by Crippen LogP contribution is -2.16. The number of anilines is 1. The van der Waals surface area contributed by atoms with Gasteiger partial charge in [0.1, 0.15) is 5.75 Å². The van der Waals surface area contributed by atoms with Crippen molar-refractivity contribution in [2.24, 2.45) is 0 Å². The Bertz CT molecular complexity index is 792. The van der Waals surface area contributed by atoms with Crippen molar-refractivity contribution < 1.29 is 14.3 Å². The number of nitrogens with one attached hydrogen (secondary N) is 1. The maximum atomic E-state index is 12.3. The molecule has 0 unspecified atom stereocenters. The minimum atomic E-state index is -0.208. The van der Waals surface area contributed by atoms with Gasteiger partial charge in [0.15, 0.2) is 5.78 Å². The van der Waals surface area contributed by atoms with Gasteiger partial charge in [0.2, 0.25) is 5.91 Å². The predicted octanol–water partition coefficient (Wildman–Crippen LogP) is 5.36. The van der Waals surface area contributed by atoms with Gasteiger partial charge < -0.3 is 10.1 Å². The molecule has 0 aliphatic carbocycles. The van der Waals surface area contributed by atoms with Gasteiger partial charge in [-0.2, -0.15) is 0 Å². The molecular weight excluding hydrogens is 394 g/mol. The standard InChI is InChI=1S/C21H24BrNO3/c1-21(2,3)15-7-11-19(26-4)17(13-15)23-20(25)12-10-18(24)14-5-8-16(22)9-6-14/h5-9,11,13H,10,12H2,1-4H3,(H,23,25). The molecule has 0 saturated carbocycles. The summed E-state index contributed by atoms with van der Waals surface area (Å²) in [5.74, 6) is 0.341. The molecule has 0 fully saturated rings. The topological polar surface area (TPSA) is 55.4 Å². The summed E-state index contributed by atoms with van der Waals surface area (Å²) in [5.41, 5.74) is 2.29. The number of ether oxygens (including phenoxy) is 1. The van der Waals surface area contributed by atoms with Gasteiger partial charge in [0.25, 0.3) is 0 Å². The Kier molecular flexibility index (Phi) is 6.59. The van der Waals surface area contributed by atoms with Gasteiger partial charge in [0, 0.05) is 22.9 Å². The van der Waals surface area contributed by atoms with Crippen LogP contribution in [0.25, 0.3) is 0 Å². The summed E-state index contributed by atoms with van der Waals surface area (Å²) in [7, 11) is 1.57. The van der Waals surface area contributed by atoms with E-state index in [4.69, 9.17) is 4.74 Å². The van der Waals surface area contributed by atoms with E-state index in [0.717, 1.165) is 10.0 Å². The third-order valence-electron chi connectivity index (χ3n) is 4.08. The first-order chi connectivity index (χ1) is 12.2. The van der Waals surface area contributed by atoms with Crippen LogP contribution in [0, 0.1) is 0 Å². The number of hydrogen-bond donors (Lipinski definition) is 1. The molecule has 2 aromatic rings. The van der Waals surface area contributed by atoms with E-state index >= 15 is 0 Å². The van der Waals surface area contributed by atoms with Crippen LogP contribution in [-0.2, 0) is 10.2 Å². The molecule has 26 heavy (non-hydrogen) atoms. The second-order valence-electron chi connectivity index (χ2n) is 7.14. The molecule has 0 radical (unpaired) electrons. The normalized spacial score (nSPS) is 11.1. The summed E-state index contributed by atoms with van der Waals surface area (Å²) in [5, 5.41) is 2.87. The molecule has 138 valence electrons. The highest BCUT2D eigenvalue weighted by molar-refractivity contribution is 9.10. The number of rotatable bonds is 6. The first kappa shape index (κ1) is 20.2. The van der Waals surface area contributed by atoms with Gasteiger partial charge in [-0.3, -0.25) is 9.59 Å². The second-order valence-corrected chi connectivity index (χ2v) is 8.06. The average molecular weight is 418 g/mol. The maximum Gasteiger partial charge on any atom is 0.224 e. The number of carbonyl (C=O) groups excluding carboxylic acids is 2. The molecule has 2 rings (SSSR count). The van der Waals surface area contributed by atoms with E-state index < -0.39 is 0 Å². The molecule has 2 aromatic carbocycles. The van der Waals surface area contributed by atoms with Crippen molar-refractivity contribution in [1.29, 1.82) is 0 Å². The third-order valence-corrected chi connectivity index (χ3v) is 4.61. The zero-order valence-electron chi connectivity index (χ0n) is 15.6. The summed E-state index contributed by atoms with van der Waals surface area (Å²) in [4.78, 5) is 24.5. The van der Waals surface area contributed by atoms with E-state index in [1.165, 1.54) is 0 Å². The number of ketones is 1. The van der Waals surface area contributed by atoms with Gasteiger partial charge in [-0.1, -0.05) is 54.9 Å². The van der Waals surface area contributed by atoms with Crippen molar-refractivity contribution in [3.05, 3.63) is 58.1 Å². The fraction of sp³-hybridized carbons (Fsp3) is 0.333. The number of benzene rings is 2. The molecule has 0 atom stereocenters. The van der Waals surface area contributed by atoms with Gasteiger partial charge in [-0.25, -0.2) is 0 Å². The van der Waals surface area contributed by atoms with Crippen LogP contribution >= 0.6 is 15.9 Å². The molecule has 0 aliphatic rings.